The normalized spacial score (nSPS) is 25.4. The molecule has 0 aromatic heterocycles. The fraction of sp³-hybridized carbons (Fsp3) is 0.538. The van der Waals surface area contributed by atoms with Gasteiger partial charge in [-0.2, -0.15) is 0 Å². The Morgan fingerprint density at radius 1 is 1.24 bits per heavy atom. The highest BCUT2D eigenvalue weighted by Crippen LogP contribution is 2.24. The van der Waals surface area contributed by atoms with Gasteiger partial charge in [0.1, 0.15) is 5.82 Å². The van der Waals surface area contributed by atoms with E-state index in [1.165, 1.54) is 12.1 Å². The number of aliphatic hydroxyl groups excluding tert-OH is 1. The minimum absolute atomic E-state index is 0.0121. The van der Waals surface area contributed by atoms with Crippen LogP contribution in [0.15, 0.2) is 18.2 Å². The predicted octanol–water partition coefficient (Wildman–Crippen LogP) is 3.58. The van der Waals surface area contributed by atoms with Crippen LogP contribution in [0.4, 0.5) is 10.1 Å². The molecule has 1 aromatic carbocycles. The summed E-state index contributed by atoms with van der Waals surface area (Å²) in [7, 11) is 0. The lowest BCUT2D eigenvalue weighted by molar-refractivity contribution is 0.144. The molecule has 0 bridgehead atoms. The zero-order valence-corrected chi connectivity index (χ0v) is 10.4. The van der Waals surface area contributed by atoms with Gasteiger partial charge in [-0.3, -0.25) is 0 Å². The van der Waals surface area contributed by atoms with E-state index in [1.54, 1.807) is 6.07 Å². The van der Waals surface area contributed by atoms with Crippen molar-refractivity contribution >= 4 is 17.3 Å². The van der Waals surface area contributed by atoms with Crippen LogP contribution in [0.25, 0.3) is 0 Å². The van der Waals surface area contributed by atoms with E-state index in [1.807, 2.05) is 0 Å². The van der Waals surface area contributed by atoms with Crippen molar-refractivity contribution in [3.8, 4) is 0 Å². The van der Waals surface area contributed by atoms with Crippen LogP contribution in [0.1, 0.15) is 32.1 Å². The predicted molar refractivity (Wildman–Crippen MR) is 67.9 cm³/mol. The highest BCUT2D eigenvalue weighted by Gasteiger charge is 2.21. The number of hydrogen-bond acceptors (Lipinski definition) is 2. The Morgan fingerprint density at radius 3 is 2.76 bits per heavy atom. The molecule has 1 fully saturated rings. The molecule has 0 heterocycles. The molecule has 2 N–H and O–H groups in total. The molecule has 2 unspecified atom stereocenters. The van der Waals surface area contributed by atoms with E-state index in [4.69, 9.17) is 11.6 Å². The third-order valence-corrected chi connectivity index (χ3v) is 3.56. The van der Waals surface area contributed by atoms with E-state index >= 15 is 0 Å². The maximum absolute atomic E-state index is 13.3. The second kappa shape index (κ2) is 5.69. The van der Waals surface area contributed by atoms with E-state index in [-0.39, 0.29) is 17.2 Å². The van der Waals surface area contributed by atoms with Crippen molar-refractivity contribution in [2.75, 3.05) is 5.32 Å². The summed E-state index contributed by atoms with van der Waals surface area (Å²) in [6.45, 7) is 0. The molecular weight excluding hydrogens is 241 g/mol. The van der Waals surface area contributed by atoms with Crippen LogP contribution in [-0.2, 0) is 0 Å². The van der Waals surface area contributed by atoms with Crippen molar-refractivity contribution < 1.29 is 9.50 Å². The smallest absolute Gasteiger partial charge is 0.143 e. The van der Waals surface area contributed by atoms with Gasteiger partial charge in [0.25, 0.3) is 0 Å². The average molecular weight is 258 g/mol. The Balaban J connectivity index is 2.05. The Bertz CT molecular complexity index is 386. The van der Waals surface area contributed by atoms with Crippen LogP contribution in [-0.4, -0.2) is 17.3 Å². The summed E-state index contributed by atoms with van der Waals surface area (Å²) >= 11 is 5.63. The number of halogens is 2. The molecule has 94 valence electrons. The summed E-state index contributed by atoms with van der Waals surface area (Å²) in [4.78, 5) is 0. The Labute approximate surface area is 106 Å². The Hall–Kier alpha value is -0.800. The first-order chi connectivity index (χ1) is 8.16. The SMILES string of the molecule is OC1CCCCCC1Nc1ccc(Cl)c(F)c1. The lowest BCUT2D eigenvalue weighted by Gasteiger charge is -2.23. The first-order valence-corrected chi connectivity index (χ1v) is 6.44. The summed E-state index contributed by atoms with van der Waals surface area (Å²) in [5.74, 6) is -0.431. The standard InChI is InChI=1S/C13H17ClFNO/c14-10-7-6-9(8-11(10)15)16-12-4-2-1-3-5-13(12)17/h6-8,12-13,16-17H,1-5H2. The zero-order chi connectivity index (χ0) is 12.3. The van der Waals surface area contributed by atoms with Gasteiger partial charge in [0.2, 0.25) is 0 Å². The highest BCUT2D eigenvalue weighted by atomic mass is 35.5. The van der Waals surface area contributed by atoms with Gasteiger partial charge in [0, 0.05) is 5.69 Å². The third kappa shape index (κ3) is 3.33. The number of anilines is 1. The lowest BCUT2D eigenvalue weighted by Crippen LogP contribution is -2.32. The van der Waals surface area contributed by atoms with E-state index < -0.39 is 5.82 Å². The summed E-state index contributed by atoms with van der Waals surface area (Å²) in [6, 6.07) is 4.66. The van der Waals surface area contributed by atoms with Crippen molar-refractivity contribution in [2.45, 2.75) is 44.2 Å². The van der Waals surface area contributed by atoms with Crippen molar-refractivity contribution in [1.82, 2.24) is 0 Å². The summed E-state index contributed by atoms with van der Waals surface area (Å²) in [6.07, 6.45) is 4.71. The molecule has 1 aliphatic carbocycles. The number of benzene rings is 1. The average Bonchev–Trinajstić information content (AvgIpc) is 2.50. The largest absolute Gasteiger partial charge is 0.391 e. The number of hydrogen-bond donors (Lipinski definition) is 2. The lowest BCUT2D eigenvalue weighted by atomic mass is 10.1. The summed E-state index contributed by atoms with van der Waals surface area (Å²) < 4.78 is 13.3. The molecular formula is C13H17ClFNO. The molecule has 2 atom stereocenters. The van der Waals surface area contributed by atoms with Crippen molar-refractivity contribution in [3.05, 3.63) is 29.0 Å². The molecule has 1 aliphatic rings. The molecule has 17 heavy (non-hydrogen) atoms. The van der Waals surface area contributed by atoms with Gasteiger partial charge in [-0.15, -0.1) is 0 Å². The molecule has 0 saturated heterocycles. The minimum atomic E-state index is -0.431. The first-order valence-electron chi connectivity index (χ1n) is 6.06. The van der Waals surface area contributed by atoms with Gasteiger partial charge in [-0.25, -0.2) is 4.39 Å². The van der Waals surface area contributed by atoms with Gasteiger partial charge in [-0.05, 0) is 31.0 Å². The molecule has 4 heteroatoms. The zero-order valence-electron chi connectivity index (χ0n) is 9.63. The Morgan fingerprint density at radius 2 is 2.00 bits per heavy atom. The molecule has 0 amide bonds. The van der Waals surface area contributed by atoms with Crippen LogP contribution < -0.4 is 5.32 Å². The van der Waals surface area contributed by atoms with Gasteiger partial charge >= 0.3 is 0 Å². The molecule has 1 saturated carbocycles. The summed E-state index contributed by atoms with van der Waals surface area (Å²) in [5.41, 5.74) is 0.679. The monoisotopic (exact) mass is 257 g/mol. The van der Waals surface area contributed by atoms with E-state index in [2.05, 4.69) is 5.32 Å². The second-order valence-electron chi connectivity index (χ2n) is 4.59. The minimum Gasteiger partial charge on any atom is -0.391 e. The van der Waals surface area contributed by atoms with Gasteiger partial charge in [-0.1, -0.05) is 30.9 Å². The van der Waals surface area contributed by atoms with Crippen LogP contribution in [0, 0.1) is 5.82 Å². The molecule has 0 aliphatic heterocycles. The quantitative estimate of drug-likeness (QED) is 0.794. The maximum atomic E-state index is 13.3. The molecule has 0 radical (unpaired) electrons. The van der Waals surface area contributed by atoms with Gasteiger partial charge < -0.3 is 10.4 Å². The topological polar surface area (TPSA) is 32.3 Å². The molecule has 2 rings (SSSR count). The van der Waals surface area contributed by atoms with Crippen LogP contribution >= 0.6 is 11.6 Å². The van der Waals surface area contributed by atoms with E-state index in [0.29, 0.717) is 5.69 Å². The van der Waals surface area contributed by atoms with Crippen molar-refractivity contribution in [2.24, 2.45) is 0 Å². The van der Waals surface area contributed by atoms with Crippen molar-refractivity contribution in [3.63, 3.8) is 0 Å². The molecule has 2 nitrogen and oxygen atoms in total. The van der Waals surface area contributed by atoms with Gasteiger partial charge in [0.15, 0.2) is 0 Å². The maximum Gasteiger partial charge on any atom is 0.143 e. The third-order valence-electron chi connectivity index (χ3n) is 3.25. The number of rotatable bonds is 2. The van der Waals surface area contributed by atoms with E-state index in [0.717, 1.165) is 32.1 Å². The number of nitrogens with one attached hydrogen (secondary N) is 1. The fourth-order valence-electron chi connectivity index (χ4n) is 2.26. The van der Waals surface area contributed by atoms with Crippen LogP contribution in [0.5, 0.6) is 0 Å². The summed E-state index contributed by atoms with van der Waals surface area (Å²) in [5, 5.41) is 13.3. The van der Waals surface area contributed by atoms with Crippen molar-refractivity contribution in [1.29, 1.82) is 0 Å². The van der Waals surface area contributed by atoms with E-state index in [9.17, 15) is 9.50 Å². The van der Waals surface area contributed by atoms with Gasteiger partial charge in [0.05, 0.1) is 17.2 Å². The van der Waals surface area contributed by atoms with Crippen LogP contribution in [0.2, 0.25) is 5.02 Å². The fourth-order valence-corrected chi connectivity index (χ4v) is 2.37. The molecule has 0 spiro atoms. The number of aliphatic hydroxyl groups is 1. The highest BCUT2D eigenvalue weighted by molar-refractivity contribution is 6.30. The Kier molecular flexibility index (Phi) is 4.24. The molecule has 1 aromatic rings. The van der Waals surface area contributed by atoms with Crippen LogP contribution in [0.3, 0.4) is 0 Å². The second-order valence-corrected chi connectivity index (χ2v) is 4.99. The first kappa shape index (κ1) is 12.7.